The molecule has 2 saturated heterocycles. The van der Waals surface area contributed by atoms with Crippen LogP contribution < -0.4 is 54.0 Å². The van der Waals surface area contributed by atoms with Crippen molar-refractivity contribution < 1.29 is 48.3 Å². The zero-order valence-electron chi connectivity index (χ0n) is 41.4. The summed E-state index contributed by atoms with van der Waals surface area (Å²) < 4.78 is 0. The minimum Gasteiger partial charge on any atom is -0.391 e. The number of hydrogen-bond donors (Lipinski definition) is 13. The van der Waals surface area contributed by atoms with Gasteiger partial charge in [-0.15, -0.1) is 0 Å². The molecule has 1 aromatic heterocycles. The first-order valence-corrected chi connectivity index (χ1v) is 24.9. The highest BCUT2D eigenvalue weighted by molar-refractivity contribution is 5.98. The number of aliphatic hydroxyl groups excluding tert-OH is 1. The van der Waals surface area contributed by atoms with Crippen LogP contribution in [0.2, 0.25) is 0 Å². The van der Waals surface area contributed by atoms with E-state index in [4.69, 9.17) is 16.9 Å². The number of primary amides is 1. The standard InChI is InChI=1S/C50H71N13O10/c1-3-4-16-36(57-29(2)64)44(68)60-38-20-21-42(66)54-22-11-10-18-35(43(51)67)58-47(71)40(25-31-27-56-34-17-9-8-15-33(31)34)61-45(69)37(19-12-23-55-50(52)53)59-46(70)39(24-30-13-6-5-7-14-30)62-48(72)41-26-32(65)28-63(41)49(38)73/h5-9,13-15,17,27,32,35-41,56,65H,3-4,10-12,16,18-26,28H2,1-2H3,(H2,51,67)(H,54,66)(H,57,64)(H,58,71)(H,59,70)(H,60,68)(H,61,69)(H,62,72)(H4,52,53,55)/t32-,35+,36+,37+,38+,39-,40+,41+/m1/s1. The summed E-state index contributed by atoms with van der Waals surface area (Å²) in [4.78, 5) is 129. The van der Waals surface area contributed by atoms with E-state index in [-0.39, 0.29) is 83.4 Å². The number of aromatic amines is 1. The van der Waals surface area contributed by atoms with E-state index in [1.54, 1.807) is 36.5 Å². The molecule has 0 bridgehead atoms. The topological polar surface area (TPSA) is 365 Å². The lowest BCUT2D eigenvalue weighted by Crippen LogP contribution is -2.60. The van der Waals surface area contributed by atoms with Crippen LogP contribution in [0, 0.1) is 5.41 Å². The molecule has 2 aromatic carbocycles. The number of amides is 9. The molecule has 5 rings (SSSR count). The molecule has 396 valence electrons. The van der Waals surface area contributed by atoms with Crippen molar-refractivity contribution in [3.05, 3.63) is 71.9 Å². The van der Waals surface area contributed by atoms with Crippen molar-refractivity contribution >= 4 is 70.0 Å². The Kier molecular flexibility index (Phi) is 21.5. The molecule has 0 saturated carbocycles. The Bertz CT molecular complexity index is 2430. The summed E-state index contributed by atoms with van der Waals surface area (Å²) in [6, 6.07) is 7.00. The second-order valence-electron chi connectivity index (χ2n) is 18.6. The van der Waals surface area contributed by atoms with Crippen molar-refractivity contribution in [2.24, 2.45) is 11.5 Å². The lowest BCUT2D eigenvalue weighted by atomic mass is 10.0. The first-order chi connectivity index (χ1) is 34.9. The SMILES string of the molecule is CCCC[C@H](NC(C)=O)C(=O)N[C@H]1CCC(=O)NCCCC[C@@H](C(N)=O)NC(=O)[C@H](Cc2c[nH]c3ccccc23)NC(=O)[C@H](CCCNC(=N)N)NC(=O)[C@@H](Cc2ccccc2)NC(=O)[C@@H]2C[C@@H](O)CN2C1=O. The van der Waals surface area contributed by atoms with Gasteiger partial charge in [0.25, 0.3) is 0 Å². The number of carbonyl (C=O) groups excluding carboxylic acids is 9. The van der Waals surface area contributed by atoms with E-state index in [2.05, 4.69) is 47.5 Å². The summed E-state index contributed by atoms with van der Waals surface area (Å²) in [7, 11) is 0. The van der Waals surface area contributed by atoms with Gasteiger partial charge in [-0.2, -0.15) is 0 Å². The summed E-state index contributed by atoms with van der Waals surface area (Å²) in [5.41, 5.74) is 13.3. The number of guanidine groups is 1. The smallest absolute Gasteiger partial charge is 0.245 e. The monoisotopic (exact) mass is 1010 g/mol. The molecule has 15 N–H and O–H groups in total. The van der Waals surface area contributed by atoms with Crippen LogP contribution in [0.4, 0.5) is 0 Å². The Balaban J connectivity index is 1.52. The molecule has 0 radical (unpaired) electrons. The molecule has 3 aromatic rings. The number of benzene rings is 2. The normalized spacial score (nSPS) is 23.5. The summed E-state index contributed by atoms with van der Waals surface area (Å²) in [6.45, 7) is 3.09. The highest BCUT2D eigenvalue weighted by atomic mass is 16.3. The van der Waals surface area contributed by atoms with Gasteiger partial charge in [0.1, 0.15) is 42.3 Å². The van der Waals surface area contributed by atoms with Crippen molar-refractivity contribution in [2.75, 3.05) is 19.6 Å². The van der Waals surface area contributed by atoms with Gasteiger partial charge in [0.15, 0.2) is 5.96 Å². The molecule has 0 aliphatic carbocycles. The molecular weight excluding hydrogens is 943 g/mol. The Hall–Kier alpha value is -7.56. The number of para-hydroxylation sites is 1. The first-order valence-electron chi connectivity index (χ1n) is 24.9. The molecule has 2 aliphatic heterocycles. The van der Waals surface area contributed by atoms with E-state index >= 15 is 0 Å². The zero-order valence-corrected chi connectivity index (χ0v) is 41.4. The number of unbranched alkanes of at least 4 members (excludes halogenated alkanes) is 1. The van der Waals surface area contributed by atoms with Crippen molar-refractivity contribution in [1.29, 1.82) is 5.41 Å². The number of nitrogens with zero attached hydrogens (tertiary/aromatic N) is 1. The molecule has 23 nitrogen and oxygen atoms in total. The Morgan fingerprint density at radius 2 is 1.51 bits per heavy atom. The zero-order chi connectivity index (χ0) is 53.0. The number of H-pyrrole nitrogens is 1. The molecule has 73 heavy (non-hydrogen) atoms. The van der Waals surface area contributed by atoms with Gasteiger partial charge in [-0.05, 0) is 62.1 Å². The lowest BCUT2D eigenvalue weighted by Gasteiger charge is -2.31. The number of aliphatic hydroxyl groups is 1. The minimum atomic E-state index is -1.40. The van der Waals surface area contributed by atoms with Gasteiger partial charge in [-0.1, -0.05) is 68.3 Å². The summed E-state index contributed by atoms with van der Waals surface area (Å²) in [5, 5.41) is 41.1. The van der Waals surface area contributed by atoms with Gasteiger partial charge in [0.05, 0.1) is 6.10 Å². The van der Waals surface area contributed by atoms with E-state index in [0.717, 1.165) is 15.8 Å². The van der Waals surface area contributed by atoms with Crippen LogP contribution in [0.3, 0.4) is 0 Å². The van der Waals surface area contributed by atoms with Crippen molar-refractivity contribution in [3.63, 3.8) is 0 Å². The van der Waals surface area contributed by atoms with Crippen molar-refractivity contribution in [2.45, 2.75) is 146 Å². The second-order valence-corrected chi connectivity index (χ2v) is 18.6. The largest absolute Gasteiger partial charge is 0.391 e. The molecule has 0 unspecified atom stereocenters. The molecule has 23 heteroatoms. The number of aromatic nitrogens is 1. The van der Waals surface area contributed by atoms with Crippen LogP contribution in [0.25, 0.3) is 10.9 Å². The maximum absolute atomic E-state index is 14.6. The molecule has 9 amide bonds. The molecule has 2 fully saturated rings. The Morgan fingerprint density at radius 3 is 2.22 bits per heavy atom. The van der Waals surface area contributed by atoms with Gasteiger partial charge in [-0.25, -0.2) is 0 Å². The second kappa shape index (κ2) is 27.9. The average Bonchev–Trinajstić information content (AvgIpc) is 3.96. The fourth-order valence-electron chi connectivity index (χ4n) is 8.98. The third-order valence-electron chi connectivity index (χ3n) is 12.8. The van der Waals surface area contributed by atoms with Crippen LogP contribution >= 0.6 is 0 Å². The van der Waals surface area contributed by atoms with Crippen molar-refractivity contribution in [1.82, 2.24) is 52.4 Å². The van der Waals surface area contributed by atoms with E-state index in [1.807, 2.05) is 31.2 Å². The number of rotatable bonds is 15. The van der Waals surface area contributed by atoms with Crippen molar-refractivity contribution in [3.8, 4) is 0 Å². The minimum absolute atomic E-state index is 0.0445. The van der Waals surface area contributed by atoms with Gasteiger partial charge < -0.3 is 69.0 Å². The molecule has 2 aliphatic rings. The lowest BCUT2D eigenvalue weighted by molar-refractivity contribution is -0.143. The highest BCUT2D eigenvalue weighted by Crippen LogP contribution is 2.23. The number of carbonyl (C=O) groups is 9. The van der Waals surface area contributed by atoms with E-state index in [0.29, 0.717) is 36.8 Å². The Labute approximate surface area is 423 Å². The predicted molar refractivity (Wildman–Crippen MR) is 269 cm³/mol. The summed E-state index contributed by atoms with van der Waals surface area (Å²) in [6.07, 6.45) is 1.99. The van der Waals surface area contributed by atoms with E-state index < -0.39 is 102 Å². The fraction of sp³-hybridized carbons (Fsp3) is 0.520. The van der Waals surface area contributed by atoms with Gasteiger partial charge >= 0.3 is 0 Å². The molecule has 3 heterocycles. The third-order valence-corrected chi connectivity index (χ3v) is 12.8. The highest BCUT2D eigenvalue weighted by Gasteiger charge is 2.43. The van der Waals surface area contributed by atoms with Crippen LogP contribution in [0.1, 0.15) is 95.6 Å². The maximum atomic E-state index is 14.6. The Morgan fingerprint density at radius 1 is 0.836 bits per heavy atom. The van der Waals surface area contributed by atoms with Crippen LogP contribution in [-0.4, -0.2) is 142 Å². The van der Waals surface area contributed by atoms with Crippen LogP contribution in [0.15, 0.2) is 60.8 Å². The number of fused-ring (bicyclic) bond motifs is 2. The average molecular weight is 1010 g/mol. The number of hydrogen-bond acceptors (Lipinski definition) is 11. The van der Waals surface area contributed by atoms with Crippen LogP contribution in [0.5, 0.6) is 0 Å². The number of nitrogens with one attached hydrogen (secondary N) is 10. The predicted octanol–water partition coefficient (Wildman–Crippen LogP) is -1.14. The van der Waals surface area contributed by atoms with Crippen LogP contribution in [-0.2, 0) is 56.0 Å². The molecule has 8 atom stereocenters. The molecule has 0 spiro atoms. The van der Waals surface area contributed by atoms with E-state index in [1.165, 1.54) is 6.92 Å². The van der Waals surface area contributed by atoms with E-state index in [9.17, 15) is 48.3 Å². The molecular formula is C50H71N13O10. The fourth-order valence-corrected chi connectivity index (χ4v) is 8.98. The third kappa shape index (κ3) is 17.3. The maximum Gasteiger partial charge on any atom is 0.245 e. The first kappa shape index (κ1) is 56.4. The van der Waals surface area contributed by atoms with Gasteiger partial charge in [-0.3, -0.25) is 48.6 Å². The summed E-state index contributed by atoms with van der Waals surface area (Å²) >= 11 is 0. The number of nitrogens with two attached hydrogens (primary N) is 2. The van der Waals surface area contributed by atoms with Gasteiger partial charge in [0, 0.05) is 69.3 Å². The van der Waals surface area contributed by atoms with Gasteiger partial charge in [0.2, 0.25) is 53.2 Å². The summed E-state index contributed by atoms with van der Waals surface area (Å²) in [5.74, 6) is -6.78. The quantitative estimate of drug-likeness (QED) is 0.0489.